The molecule has 1 aliphatic rings. The number of likely N-dealkylation sites (tertiary alicyclic amines) is 1. The smallest absolute Gasteiger partial charge is 0.0703 e. The van der Waals surface area contributed by atoms with Crippen molar-refractivity contribution in [3.8, 4) is 5.69 Å². The minimum Gasteiger partial charge on any atom is -0.317 e. The topological polar surface area (TPSA) is 21.1 Å². The summed E-state index contributed by atoms with van der Waals surface area (Å²) in [5.41, 5.74) is 4.92. The molecule has 1 radical (unpaired) electrons. The molecule has 27 heavy (non-hydrogen) atoms. The fourth-order valence-electron chi connectivity index (χ4n) is 4.14. The lowest BCUT2D eigenvalue weighted by Crippen LogP contribution is -2.31. The highest BCUT2D eigenvalue weighted by Gasteiger charge is 2.17. The van der Waals surface area contributed by atoms with Gasteiger partial charge in [0.25, 0.3) is 0 Å². The Bertz CT molecular complexity index is 1090. The molecule has 0 atom stereocenters. The predicted molar refractivity (Wildman–Crippen MR) is 112 cm³/mol. The zero-order valence-electron chi connectivity index (χ0n) is 15.7. The van der Waals surface area contributed by atoms with Crippen LogP contribution in [0.25, 0.3) is 27.5 Å². The Morgan fingerprint density at radius 2 is 1.85 bits per heavy atom. The van der Waals surface area contributed by atoms with Crippen LogP contribution >= 0.6 is 0 Å². The number of hydrogen-bond donors (Lipinski definition) is 0. The molecule has 0 saturated carbocycles. The van der Waals surface area contributed by atoms with E-state index >= 15 is 0 Å². The maximum atomic E-state index is 4.43. The van der Waals surface area contributed by atoms with Gasteiger partial charge in [-0.3, -0.25) is 9.88 Å². The molecule has 1 fully saturated rings. The normalized spacial score (nSPS) is 16.3. The van der Waals surface area contributed by atoms with Gasteiger partial charge in [-0.1, -0.05) is 25.1 Å². The average Bonchev–Trinajstić information content (AvgIpc) is 3.14. The highest BCUT2D eigenvalue weighted by Crippen LogP contribution is 2.27. The van der Waals surface area contributed by atoms with Gasteiger partial charge in [0.2, 0.25) is 0 Å². The van der Waals surface area contributed by atoms with Crippen molar-refractivity contribution in [2.45, 2.75) is 26.3 Å². The fraction of sp³-hybridized carbons (Fsp3) is 0.250. The summed E-state index contributed by atoms with van der Waals surface area (Å²) in [4.78, 5) is 7.02. The van der Waals surface area contributed by atoms with Crippen LogP contribution in [0.5, 0.6) is 0 Å². The molecule has 3 heterocycles. The van der Waals surface area contributed by atoms with Gasteiger partial charge in [0.1, 0.15) is 0 Å². The van der Waals surface area contributed by atoms with E-state index in [1.165, 1.54) is 53.5 Å². The Balaban J connectivity index is 1.51. The first kappa shape index (κ1) is 16.5. The fourth-order valence-corrected chi connectivity index (χ4v) is 4.14. The Morgan fingerprint density at radius 1 is 0.963 bits per heavy atom. The monoisotopic (exact) mass is 354 g/mol. The van der Waals surface area contributed by atoms with Gasteiger partial charge in [-0.05, 0) is 73.8 Å². The summed E-state index contributed by atoms with van der Waals surface area (Å²) < 4.78 is 2.29. The molecule has 0 unspecified atom stereocenters. The molecule has 2 aromatic carbocycles. The summed E-state index contributed by atoms with van der Waals surface area (Å²) >= 11 is 0. The number of fused-ring (bicyclic) bond motifs is 2. The van der Waals surface area contributed by atoms with E-state index in [2.05, 4.69) is 76.1 Å². The van der Waals surface area contributed by atoms with Gasteiger partial charge in [-0.15, -0.1) is 0 Å². The van der Waals surface area contributed by atoms with Crippen molar-refractivity contribution < 1.29 is 0 Å². The van der Waals surface area contributed by atoms with Crippen LogP contribution in [-0.2, 0) is 6.54 Å². The summed E-state index contributed by atoms with van der Waals surface area (Å²) in [6.45, 7) is 5.69. The second-order valence-corrected chi connectivity index (χ2v) is 7.65. The molecule has 1 saturated heterocycles. The predicted octanol–water partition coefficient (Wildman–Crippen LogP) is 5.37. The molecule has 3 heteroatoms. The van der Waals surface area contributed by atoms with Gasteiger partial charge >= 0.3 is 0 Å². The van der Waals surface area contributed by atoms with E-state index in [0.29, 0.717) is 0 Å². The van der Waals surface area contributed by atoms with E-state index in [0.717, 1.165) is 12.1 Å². The first-order valence-electron chi connectivity index (χ1n) is 9.76. The van der Waals surface area contributed by atoms with E-state index in [1.54, 1.807) is 5.92 Å². The molecular formula is C24H24N3. The number of nitrogens with zero attached hydrogens (tertiary/aromatic N) is 3. The van der Waals surface area contributed by atoms with Gasteiger partial charge in [-0.2, -0.15) is 0 Å². The number of benzene rings is 2. The number of piperidine rings is 1. The van der Waals surface area contributed by atoms with Crippen LogP contribution in [0.2, 0.25) is 0 Å². The number of hydrogen-bond acceptors (Lipinski definition) is 2. The van der Waals surface area contributed by atoms with Crippen LogP contribution in [0.15, 0.2) is 67.0 Å². The number of pyridine rings is 1. The lowest BCUT2D eigenvalue weighted by molar-refractivity contribution is 0.234. The van der Waals surface area contributed by atoms with E-state index in [-0.39, 0.29) is 0 Å². The van der Waals surface area contributed by atoms with Crippen molar-refractivity contribution in [3.63, 3.8) is 0 Å². The molecule has 0 N–H and O–H groups in total. The maximum absolute atomic E-state index is 4.43. The molecule has 5 rings (SSSR count). The number of rotatable bonds is 3. The first-order valence-corrected chi connectivity index (χ1v) is 9.76. The SMILES string of the molecule is C[C]1CCN(Cc2cccc3c2ccn3-c2ccc3ncccc3c2)CC1. The molecular weight excluding hydrogens is 330 g/mol. The summed E-state index contributed by atoms with van der Waals surface area (Å²) in [6.07, 6.45) is 6.52. The minimum absolute atomic E-state index is 1.04. The third-order valence-corrected chi connectivity index (χ3v) is 5.79. The van der Waals surface area contributed by atoms with Gasteiger partial charge in [-0.25, -0.2) is 0 Å². The lowest BCUT2D eigenvalue weighted by atomic mass is 9.98. The molecule has 135 valence electrons. The van der Waals surface area contributed by atoms with Gasteiger partial charge in [0.05, 0.1) is 11.0 Å². The maximum Gasteiger partial charge on any atom is 0.0703 e. The summed E-state index contributed by atoms with van der Waals surface area (Å²) in [6, 6.07) is 19.6. The Hall–Kier alpha value is -2.65. The van der Waals surface area contributed by atoms with Crippen LogP contribution in [0.3, 0.4) is 0 Å². The largest absolute Gasteiger partial charge is 0.317 e. The van der Waals surface area contributed by atoms with Crippen molar-refractivity contribution in [2.24, 2.45) is 0 Å². The number of aromatic nitrogens is 2. The van der Waals surface area contributed by atoms with Gasteiger partial charge in [0, 0.05) is 35.4 Å². The van der Waals surface area contributed by atoms with Crippen LogP contribution in [0.4, 0.5) is 0 Å². The van der Waals surface area contributed by atoms with Crippen LogP contribution in [0.1, 0.15) is 25.3 Å². The minimum atomic E-state index is 1.04. The average molecular weight is 354 g/mol. The molecule has 0 spiro atoms. The van der Waals surface area contributed by atoms with Crippen molar-refractivity contribution in [2.75, 3.05) is 13.1 Å². The molecule has 3 nitrogen and oxygen atoms in total. The summed E-state index contributed by atoms with van der Waals surface area (Å²) in [5, 5.41) is 2.53. The second kappa shape index (κ2) is 6.82. The Morgan fingerprint density at radius 3 is 2.74 bits per heavy atom. The van der Waals surface area contributed by atoms with E-state index in [1.807, 2.05) is 12.3 Å². The molecule has 0 bridgehead atoms. The van der Waals surface area contributed by atoms with Crippen LogP contribution in [0, 0.1) is 5.92 Å². The van der Waals surface area contributed by atoms with Crippen molar-refractivity contribution >= 4 is 21.8 Å². The first-order chi connectivity index (χ1) is 13.3. The zero-order chi connectivity index (χ0) is 18.2. The lowest BCUT2D eigenvalue weighted by Gasteiger charge is -2.30. The van der Waals surface area contributed by atoms with Crippen molar-refractivity contribution in [1.29, 1.82) is 0 Å². The van der Waals surface area contributed by atoms with Crippen LogP contribution in [-0.4, -0.2) is 27.5 Å². The molecule has 2 aromatic heterocycles. The summed E-state index contributed by atoms with van der Waals surface area (Å²) in [5.74, 6) is 1.64. The van der Waals surface area contributed by atoms with Crippen LogP contribution < -0.4 is 0 Å². The highest BCUT2D eigenvalue weighted by atomic mass is 15.1. The third kappa shape index (κ3) is 3.13. The molecule has 0 amide bonds. The standard InChI is InChI=1S/C24H24N3/c1-18-9-13-26(14-10-18)17-20-4-2-6-24-22(20)11-15-27(24)21-7-8-23-19(16-21)5-3-12-25-23/h2-8,11-12,15-16H,9-10,13-14,17H2,1H3. The van der Waals surface area contributed by atoms with E-state index in [9.17, 15) is 0 Å². The molecule has 4 aromatic rings. The summed E-state index contributed by atoms with van der Waals surface area (Å²) in [7, 11) is 0. The van der Waals surface area contributed by atoms with E-state index in [4.69, 9.17) is 0 Å². The van der Waals surface area contributed by atoms with E-state index < -0.39 is 0 Å². The third-order valence-electron chi connectivity index (χ3n) is 5.79. The van der Waals surface area contributed by atoms with Gasteiger partial charge < -0.3 is 4.57 Å². The Labute approximate surface area is 160 Å². The van der Waals surface area contributed by atoms with Crippen molar-refractivity contribution in [3.05, 3.63) is 78.5 Å². The quantitative estimate of drug-likeness (QED) is 0.493. The second-order valence-electron chi connectivity index (χ2n) is 7.65. The Kier molecular flexibility index (Phi) is 4.17. The van der Waals surface area contributed by atoms with Gasteiger partial charge in [0.15, 0.2) is 0 Å². The van der Waals surface area contributed by atoms with Crippen molar-refractivity contribution in [1.82, 2.24) is 14.5 Å². The molecule has 0 aliphatic carbocycles. The zero-order valence-corrected chi connectivity index (χ0v) is 15.7. The highest BCUT2D eigenvalue weighted by molar-refractivity contribution is 5.87. The molecule has 1 aliphatic heterocycles.